The Morgan fingerprint density at radius 2 is 1.21 bits per heavy atom. The Balaban J connectivity index is 1.60. The molecule has 0 spiro atoms. The van der Waals surface area contributed by atoms with Gasteiger partial charge >= 0.3 is 11.9 Å². The van der Waals surface area contributed by atoms with Crippen LogP contribution in [0.1, 0.15) is 45.2 Å². The predicted molar refractivity (Wildman–Crippen MR) is 108 cm³/mol. The summed E-state index contributed by atoms with van der Waals surface area (Å²) in [6, 6.07) is 21.7. The molecular weight excluding hydrogens is 366 g/mol. The third-order valence-electron chi connectivity index (χ3n) is 4.22. The van der Waals surface area contributed by atoms with Crippen molar-refractivity contribution in [3.05, 3.63) is 95.1 Å². The van der Waals surface area contributed by atoms with Crippen molar-refractivity contribution in [1.29, 1.82) is 5.26 Å². The molecule has 0 aromatic heterocycles. The van der Waals surface area contributed by atoms with Gasteiger partial charge in [-0.25, -0.2) is 9.59 Å². The molecule has 0 unspecified atom stereocenters. The number of benzene rings is 3. The highest BCUT2D eigenvalue weighted by Crippen LogP contribution is 2.18. The van der Waals surface area contributed by atoms with Gasteiger partial charge in [-0.2, -0.15) is 5.26 Å². The van der Waals surface area contributed by atoms with Gasteiger partial charge in [-0.3, -0.25) is 0 Å². The first kappa shape index (κ1) is 19.8. The van der Waals surface area contributed by atoms with E-state index >= 15 is 0 Å². The molecule has 3 aromatic carbocycles. The second kappa shape index (κ2) is 9.34. The number of carbonyl (C=O) groups is 2. The smallest absolute Gasteiger partial charge is 0.343 e. The van der Waals surface area contributed by atoms with E-state index in [0.717, 1.165) is 12.8 Å². The summed E-state index contributed by atoms with van der Waals surface area (Å²) in [6.07, 6.45) is 2.01. The zero-order valence-electron chi connectivity index (χ0n) is 15.9. The van der Waals surface area contributed by atoms with Crippen LogP contribution in [0.2, 0.25) is 0 Å². The lowest BCUT2D eigenvalue weighted by atomic mass is 10.1. The largest absolute Gasteiger partial charge is 0.423 e. The summed E-state index contributed by atoms with van der Waals surface area (Å²) in [4.78, 5) is 24.5. The summed E-state index contributed by atoms with van der Waals surface area (Å²) in [5, 5.41) is 8.79. The van der Waals surface area contributed by atoms with E-state index in [0.29, 0.717) is 28.2 Å². The minimum absolute atomic E-state index is 0.318. The van der Waals surface area contributed by atoms with Gasteiger partial charge < -0.3 is 9.47 Å². The van der Waals surface area contributed by atoms with Crippen molar-refractivity contribution in [1.82, 2.24) is 0 Å². The van der Waals surface area contributed by atoms with Crippen LogP contribution in [-0.2, 0) is 6.42 Å². The third kappa shape index (κ3) is 5.30. The number of aryl methyl sites for hydroxylation is 1. The van der Waals surface area contributed by atoms with Crippen molar-refractivity contribution < 1.29 is 19.1 Å². The summed E-state index contributed by atoms with van der Waals surface area (Å²) in [7, 11) is 0. The van der Waals surface area contributed by atoms with Gasteiger partial charge in [0.15, 0.2) is 0 Å². The van der Waals surface area contributed by atoms with E-state index in [4.69, 9.17) is 14.7 Å². The number of nitriles is 1. The molecule has 5 nitrogen and oxygen atoms in total. The Morgan fingerprint density at radius 1 is 0.759 bits per heavy atom. The van der Waals surface area contributed by atoms with Crippen molar-refractivity contribution in [2.24, 2.45) is 0 Å². The van der Waals surface area contributed by atoms with Crippen molar-refractivity contribution in [2.45, 2.75) is 19.8 Å². The van der Waals surface area contributed by atoms with Crippen LogP contribution in [0.4, 0.5) is 0 Å². The van der Waals surface area contributed by atoms with Gasteiger partial charge in [0.25, 0.3) is 0 Å². The summed E-state index contributed by atoms with van der Waals surface area (Å²) < 4.78 is 10.6. The van der Waals surface area contributed by atoms with Crippen LogP contribution in [0.25, 0.3) is 0 Å². The van der Waals surface area contributed by atoms with Crippen LogP contribution in [0.5, 0.6) is 11.5 Å². The van der Waals surface area contributed by atoms with Gasteiger partial charge in [0.1, 0.15) is 11.5 Å². The van der Waals surface area contributed by atoms with Crippen LogP contribution in [0.3, 0.4) is 0 Å². The highest BCUT2D eigenvalue weighted by atomic mass is 16.5. The molecule has 3 aromatic rings. The standard InChI is InChI=1S/C24H19NO4/c1-2-3-17-4-8-19(9-5-17)23(26)29-22-14-10-20(11-15-22)24(27)28-21-12-6-18(16-25)7-13-21/h4-15H,2-3H2,1H3. The van der Waals surface area contributed by atoms with E-state index in [1.165, 1.54) is 17.7 Å². The van der Waals surface area contributed by atoms with Gasteiger partial charge in [-0.1, -0.05) is 25.5 Å². The molecule has 3 rings (SSSR count). The zero-order chi connectivity index (χ0) is 20.6. The quantitative estimate of drug-likeness (QED) is 0.443. The SMILES string of the molecule is CCCc1ccc(C(=O)Oc2ccc(C(=O)Oc3ccc(C#N)cc3)cc2)cc1. The molecule has 0 fully saturated rings. The third-order valence-corrected chi connectivity index (χ3v) is 4.22. The van der Waals surface area contributed by atoms with Gasteiger partial charge in [0, 0.05) is 0 Å². The fourth-order valence-corrected chi connectivity index (χ4v) is 2.68. The lowest BCUT2D eigenvalue weighted by Crippen LogP contribution is -2.10. The van der Waals surface area contributed by atoms with Gasteiger partial charge in [0.2, 0.25) is 0 Å². The number of carbonyl (C=O) groups excluding carboxylic acids is 2. The molecule has 0 atom stereocenters. The van der Waals surface area contributed by atoms with Gasteiger partial charge in [-0.05, 0) is 72.6 Å². The van der Waals surface area contributed by atoms with E-state index in [2.05, 4.69) is 6.92 Å². The van der Waals surface area contributed by atoms with E-state index in [-0.39, 0.29) is 0 Å². The lowest BCUT2D eigenvalue weighted by molar-refractivity contribution is 0.0730. The highest BCUT2D eigenvalue weighted by Gasteiger charge is 2.12. The number of hydrogen-bond donors (Lipinski definition) is 0. The maximum atomic E-state index is 12.3. The fraction of sp³-hybridized carbons (Fsp3) is 0.125. The molecule has 0 aliphatic carbocycles. The van der Waals surface area contributed by atoms with E-state index in [1.807, 2.05) is 18.2 Å². The van der Waals surface area contributed by atoms with E-state index < -0.39 is 11.9 Å². The maximum Gasteiger partial charge on any atom is 0.343 e. The normalized spacial score (nSPS) is 10.1. The first-order valence-electron chi connectivity index (χ1n) is 9.22. The highest BCUT2D eigenvalue weighted by molar-refractivity contribution is 5.92. The number of ether oxygens (including phenoxy) is 2. The number of esters is 2. The summed E-state index contributed by atoms with van der Waals surface area (Å²) in [5.41, 5.74) is 2.44. The monoisotopic (exact) mass is 385 g/mol. The Morgan fingerprint density at radius 3 is 1.66 bits per heavy atom. The molecule has 0 N–H and O–H groups in total. The van der Waals surface area contributed by atoms with Crippen molar-refractivity contribution >= 4 is 11.9 Å². The fourth-order valence-electron chi connectivity index (χ4n) is 2.68. The molecular formula is C24H19NO4. The molecule has 144 valence electrons. The molecule has 0 bridgehead atoms. The first-order valence-corrected chi connectivity index (χ1v) is 9.22. The van der Waals surface area contributed by atoms with Crippen LogP contribution >= 0.6 is 0 Å². The molecule has 0 heterocycles. The Bertz CT molecular complexity index is 1030. The van der Waals surface area contributed by atoms with Crippen LogP contribution < -0.4 is 9.47 Å². The molecule has 5 heteroatoms. The lowest BCUT2D eigenvalue weighted by Gasteiger charge is -2.07. The van der Waals surface area contributed by atoms with Crippen molar-refractivity contribution in [3.8, 4) is 17.6 Å². The average molecular weight is 385 g/mol. The van der Waals surface area contributed by atoms with E-state index in [1.54, 1.807) is 48.5 Å². The second-order valence-corrected chi connectivity index (χ2v) is 6.39. The predicted octanol–water partition coefficient (Wildman–Crippen LogP) is 4.95. The van der Waals surface area contributed by atoms with Gasteiger partial charge in [0.05, 0.1) is 22.8 Å². The van der Waals surface area contributed by atoms with Crippen molar-refractivity contribution in [3.63, 3.8) is 0 Å². The molecule has 0 aliphatic rings. The minimum Gasteiger partial charge on any atom is -0.423 e. The summed E-state index contributed by atoms with van der Waals surface area (Å²) in [5.74, 6) is -0.321. The average Bonchev–Trinajstić information content (AvgIpc) is 2.75. The van der Waals surface area contributed by atoms with Crippen LogP contribution in [-0.4, -0.2) is 11.9 Å². The summed E-state index contributed by atoms with van der Waals surface area (Å²) in [6.45, 7) is 2.10. The molecule has 0 saturated heterocycles. The Kier molecular flexibility index (Phi) is 6.39. The number of hydrogen-bond acceptors (Lipinski definition) is 5. The minimum atomic E-state index is -0.543. The maximum absolute atomic E-state index is 12.3. The molecule has 0 radical (unpaired) electrons. The van der Waals surface area contributed by atoms with Crippen molar-refractivity contribution in [2.75, 3.05) is 0 Å². The molecule has 0 amide bonds. The topological polar surface area (TPSA) is 76.4 Å². The Hall–Kier alpha value is -3.91. The van der Waals surface area contributed by atoms with Gasteiger partial charge in [-0.15, -0.1) is 0 Å². The Labute approximate surface area is 169 Å². The zero-order valence-corrected chi connectivity index (χ0v) is 15.9. The first-order chi connectivity index (χ1) is 14.1. The number of rotatable bonds is 6. The second-order valence-electron chi connectivity index (χ2n) is 6.39. The molecule has 29 heavy (non-hydrogen) atoms. The van der Waals surface area contributed by atoms with Crippen LogP contribution in [0.15, 0.2) is 72.8 Å². The molecule has 0 saturated carbocycles. The van der Waals surface area contributed by atoms with E-state index in [9.17, 15) is 9.59 Å². The molecule has 0 aliphatic heterocycles. The summed E-state index contributed by atoms with van der Waals surface area (Å²) >= 11 is 0. The number of nitrogens with zero attached hydrogens (tertiary/aromatic N) is 1. The van der Waals surface area contributed by atoms with Crippen LogP contribution in [0, 0.1) is 11.3 Å².